The predicted molar refractivity (Wildman–Crippen MR) is 103 cm³/mol. The van der Waals surface area contributed by atoms with E-state index in [9.17, 15) is 13.2 Å². The SMILES string of the molecule is Cc1nc(N2CC3(CCN(c4cncc(-c5ccn[nH]5)n4)C3)C2)cc(C(F)(F)F)n1. The van der Waals surface area contributed by atoms with E-state index in [-0.39, 0.29) is 11.2 Å². The summed E-state index contributed by atoms with van der Waals surface area (Å²) in [5.74, 6) is 1.24. The summed E-state index contributed by atoms with van der Waals surface area (Å²) >= 11 is 0. The number of H-pyrrole nitrogens is 1. The summed E-state index contributed by atoms with van der Waals surface area (Å²) < 4.78 is 39.2. The molecule has 2 saturated heterocycles. The molecule has 0 amide bonds. The minimum Gasteiger partial charge on any atom is -0.355 e. The Balaban J connectivity index is 1.29. The number of rotatable bonds is 3. The molecule has 0 aliphatic carbocycles. The summed E-state index contributed by atoms with van der Waals surface area (Å²) in [6, 6.07) is 2.87. The van der Waals surface area contributed by atoms with E-state index in [1.165, 1.54) is 6.92 Å². The van der Waals surface area contributed by atoms with Crippen molar-refractivity contribution in [3.8, 4) is 11.4 Å². The standard InChI is InChI=1S/C19H19F3N8/c1-12-25-15(19(20,21)22)6-16(26-12)30-10-18(11-30)3-5-29(9-18)17-8-23-7-14(27-17)13-2-4-24-28-13/h2,4,6-8H,3,5,9-11H2,1H3,(H,24,28). The van der Waals surface area contributed by atoms with Crippen molar-refractivity contribution < 1.29 is 13.2 Å². The first-order chi connectivity index (χ1) is 14.3. The van der Waals surface area contributed by atoms with Crippen LogP contribution in [0.1, 0.15) is 17.9 Å². The molecule has 0 radical (unpaired) electrons. The van der Waals surface area contributed by atoms with Gasteiger partial charge in [-0.2, -0.15) is 18.3 Å². The maximum Gasteiger partial charge on any atom is 0.433 e. The van der Waals surface area contributed by atoms with Gasteiger partial charge in [-0.3, -0.25) is 10.1 Å². The van der Waals surface area contributed by atoms with Gasteiger partial charge in [-0.25, -0.2) is 15.0 Å². The average molecular weight is 416 g/mol. The van der Waals surface area contributed by atoms with Gasteiger partial charge in [-0.1, -0.05) is 0 Å². The zero-order valence-electron chi connectivity index (χ0n) is 16.2. The van der Waals surface area contributed by atoms with E-state index in [4.69, 9.17) is 0 Å². The van der Waals surface area contributed by atoms with Gasteiger partial charge in [0.15, 0.2) is 0 Å². The number of halogens is 3. The van der Waals surface area contributed by atoms with Crippen LogP contribution < -0.4 is 9.80 Å². The highest BCUT2D eigenvalue weighted by Gasteiger charge is 2.49. The van der Waals surface area contributed by atoms with Gasteiger partial charge in [0.25, 0.3) is 0 Å². The first kappa shape index (κ1) is 18.8. The molecule has 2 aliphatic heterocycles. The van der Waals surface area contributed by atoms with Crippen LogP contribution in [0.15, 0.2) is 30.7 Å². The Kier molecular flexibility index (Phi) is 4.16. The molecular weight excluding hydrogens is 397 g/mol. The van der Waals surface area contributed by atoms with E-state index < -0.39 is 11.9 Å². The molecule has 1 N–H and O–H groups in total. The summed E-state index contributed by atoms with van der Waals surface area (Å²) in [5, 5.41) is 6.83. The van der Waals surface area contributed by atoms with Crippen molar-refractivity contribution in [1.29, 1.82) is 0 Å². The van der Waals surface area contributed by atoms with Crippen LogP contribution in [0.2, 0.25) is 0 Å². The summed E-state index contributed by atoms with van der Waals surface area (Å²) in [6.07, 6.45) is 1.54. The van der Waals surface area contributed by atoms with E-state index in [0.29, 0.717) is 18.9 Å². The molecule has 11 heteroatoms. The molecule has 0 bridgehead atoms. The van der Waals surface area contributed by atoms with Gasteiger partial charge >= 0.3 is 6.18 Å². The van der Waals surface area contributed by atoms with Gasteiger partial charge in [0.1, 0.15) is 28.8 Å². The second-order valence-corrected chi connectivity index (χ2v) is 7.92. The number of hydrogen-bond donors (Lipinski definition) is 1. The van der Waals surface area contributed by atoms with Crippen LogP contribution in [0.25, 0.3) is 11.4 Å². The highest BCUT2D eigenvalue weighted by atomic mass is 19.4. The Bertz CT molecular complexity index is 1060. The lowest BCUT2D eigenvalue weighted by Gasteiger charge is -2.48. The molecule has 1 spiro atoms. The molecule has 30 heavy (non-hydrogen) atoms. The number of alkyl halides is 3. The third-order valence-corrected chi connectivity index (χ3v) is 5.65. The molecule has 3 aromatic heterocycles. The Hall–Kier alpha value is -3.24. The number of nitrogens with zero attached hydrogens (tertiary/aromatic N) is 7. The van der Waals surface area contributed by atoms with Crippen LogP contribution in [0, 0.1) is 12.3 Å². The normalized spacial score (nSPS) is 18.1. The minimum atomic E-state index is -4.48. The van der Waals surface area contributed by atoms with E-state index in [0.717, 1.165) is 42.8 Å². The molecule has 2 fully saturated rings. The first-order valence-corrected chi connectivity index (χ1v) is 9.56. The molecule has 5 heterocycles. The zero-order valence-corrected chi connectivity index (χ0v) is 16.2. The Morgan fingerprint density at radius 1 is 1.03 bits per heavy atom. The van der Waals surface area contributed by atoms with E-state index >= 15 is 0 Å². The van der Waals surface area contributed by atoms with Crippen LogP contribution in [0.5, 0.6) is 0 Å². The maximum absolute atomic E-state index is 13.1. The third kappa shape index (κ3) is 3.33. The van der Waals surface area contributed by atoms with Crippen molar-refractivity contribution in [3.05, 3.63) is 42.2 Å². The minimum absolute atomic E-state index is 0.0168. The number of hydrogen-bond acceptors (Lipinski definition) is 7. The first-order valence-electron chi connectivity index (χ1n) is 9.56. The highest BCUT2D eigenvalue weighted by Crippen LogP contribution is 2.43. The van der Waals surface area contributed by atoms with Crippen molar-refractivity contribution in [2.75, 3.05) is 36.0 Å². The number of nitrogens with one attached hydrogen (secondary N) is 1. The number of aromatic amines is 1. The lowest BCUT2D eigenvalue weighted by Crippen LogP contribution is -2.58. The smallest absolute Gasteiger partial charge is 0.355 e. The van der Waals surface area contributed by atoms with Crippen LogP contribution in [0.4, 0.5) is 24.8 Å². The van der Waals surface area contributed by atoms with Gasteiger partial charge in [-0.15, -0.1) is 0 Å². The van der Waals surface area contributed by atoms with Gasteiger partial charge in [-0.05, 0) is 19.4 Å². The van der Waals surface area contributed by atoms with Gasteiger partial charge in [0.2, 0.25) is 0 Å². The maximum atomic E-state index is 13.1. The van der Waals surface area contributed by atoms with Crippen molar-refractivity contribution >= 4 is 11.6 Å². The molecule has 3 aromatic rings. The molecular formula is C19H19F3N8. The molecule has 8 nitrogen and oxygen atoms in total. The fourth-order valence-electron chi connectivity index (χ4n) is 4.21. The molecule has 0 aromatic carbocycles. The van der Waals surface area contributed by atoms with Crippen LogP contribution in [-0.2, 0) is 6.18 Å². The Morgan fingerprint density at radius 3 is 2.57 bits per heavy atom. The highest BCUT2D eigenvalue weighted by molar-refractivity contribution is 5.56. The molecule has 156 valence electrons. The third-order valence-electron chi connectivity index (χ3n) is 5.65. The largest absolute Gasteiger partial charge is 0.433 e. The molecule has 0 unspecified atom stereocenters. The topological polar surface area (TPSA) is 86.7 Å². The van der Waals surface area contributed by atoms with E-state index in [1.54, 1.807) is 18.6 Å². The number of anilines is 2. The second-order valence-electron chi connectivity index (χ2n) is 7.92. The van der Waals surface area contributed by atoms with E-state index in [2.05, 4.69) is 35.0 Å². The van der Waals surface area contributed by atoms with Gasteiger partial charge in [0, 0.05) is 43.9 Å². The van der Waals surface area contributed by atoms with Crippen molar-refractivity contribution in [2.45, 2.75) is 19.5 Å². The molecule has 0 atom stereocenters. The second kappa shape index (κ2) is 6.64. The fourth-order valence-corrected chi connectivity index (χ4v) is 4.21. The summed E-state index contributed by atoms with van der Waals surface area (Å²) in [7, 11) is 0. The quantitative estimate of drug-likeness (QED) is 0.703. The summed E-state index contributed by atoms with van der Waals surface area (Å²) in [5.41, 5.74) is 0.637. The van der Waals surface area contributed by atoms with Gasteiger partial charge in [0.05, 0.1) is 18.1 Å². The monoisotopic (exact) mass is 416 g/mol. The fraction of sp³-hybridized carbons (Fsp3) is 0.421. The Labute approximate surface area is 170 Å². The summed E-state index contributed by atoms with van der Waals surface area (Å²) in [4.78, 5) is 20.8. The van der Waals surface area contributed by atoms with Crippen LogP contribution in [0.3, 0.4) is 0 Å². The van der Waals surface area contributed by atoms with Crippen molar-refractivity contribution in [3.63, 3.8) is 0 Å². The number of aromatic nitrogens is 6. The van der Waals surface area contributed by atoms with Crippen molar-refractivity contribution in [2.24, 2.45) is 5.41 Å². The summed E-state index contributed by atoms with van der Waals surface area (Å²) in [6.45, 7) is 4.40. The molecule has 5 rings (SSSR count). The lowest BCUT2D eigenvalue weighted by atomic mass is 9.79. The van der Waals surface area contributed by atoms with Gasteiger partial charge < -0.3 is 9.80 Å². The molecule has 2 aliphatic rings. The average Bonchev–Trinajstić information content (AvgIpc) is 3.36. The van der Waals surface area contributed by atoms with Crippen LogP contribution >= 0.6 is 0 Å². The van der Waals surface area contributed by atoms with E-state index in [1.807, 2.05) is 11.0 Å². The lowest BCUT2D eigenvalue weighted by molar-refractivity contribution is -0.141. The van der Waals surface area contributed by atoms with Crippen molar-refractivity contribution in [1.82, 2.24) is 30.1 Å². The number of aryl methyl sites for hydroxylation is 1. The zero-order chi connectivity index (χ0) is 20.9. The predicted octanol–water partition coefficient (Wildman–Crippen LogP) is 2.70. The van der Waals surface area contributed by atoms with Crippen LogP contribution in [-0.4, -0.2) is 56.3 Å². The molecule has 0 saturated carbocycles. The Morgan fingerprint density at radius 2 is 1.83 bits per heavy atom.